The standard InChI is InChI=1S/C31H30O4/c1-21(35-31(33)29-17-15-25-7-3-5-9-27(25)19-29)23-12-10-22(11-13-23)20-34-30(32)28-16-14-24-6-2-4-8-26(24)18-28/h2-9,14-19,21-23H,10-13,20H2,1H3. The first-order valence-corrected chi connectivity index (χ1v) is 12.4. The zero-order valence-electron chi connectivity index (χ0n) is 20.0. The lowest BCUT2D eigenvalue weighted by molar-refractivity contribution is 0.00630. The van der Waals surface area contributed by atoms with Gasteiger partial charge in [0.25, 0.3) is 0 Å². The van der Waals surface area contributed by atoms with E-state index in [1.54, 1.807) is 0 Å². The molecule has 0 aromatic heterocycles. The summed E-state index contributed by atoms with van der Waals surface area (Å²) in [7, 11) is 0. The van der Waals surface area contributed by atoms with Gasteiger partial charge in [-0.2, -0.15) is 0 Å². The van der Waals surface area contributed by atoms with Gasteiger partial charge in [-0.1, -0.05) is 60.7 Å². The molecule has 35 heavy (non-hydrogen) atoms. The van der Waals surface area contributed by atoms with E-state index in [0.717, 1.165) is 47.2 Å². The Morgan fingerprint density at radius 2 is 1.23 bits per heavy atom. The first-order chi connectivity index (χ1) is 17.1. The van der Waals surface area contributed by atoms with Crippen LogP contribution in [0.1, 0.15) is 53.3 Å². The van der Waals surface area contributed by atoms with Crippen molar-refractivity contribution >= 4 is 33.5 Å². The van der Waals surface area contributed by atoms with E-state index in [4.69, 9.17) is 9.47 Å². The summed E-state index contributed by atoms with van der Waals surface area (Å²) in [4.78, 5) is 25.3. The van der Waals surface area contributed by atoms with Crippen LogP contribution < -0.4 is 0 Å². The number of hydrogen-bond donors (Lipinski definition) is 0. The average Bonchev–Trinajstić information content (AvgIpc) is 2.91. The van der Waals surface area contributed by atoms with E-state index in [1.807, 2.05) is 91.9 Å². The summed E-state index contributed by atoms with van der Waals surface area (Å²) in [6, 6.07) is 27.3. The number of fused-ring (bicyclic) bond motifs is 2. The van der Waals surface area contributed by atoms with Gasteiger partial charge in [-0.05, 0) is 90.3 Å². The van der Waals surface area contributed by atoms with Gasteiger partial charge in [-0.15, -0.1) is 0 Å². The van der Waals surface area contributed by atoms with Crippen LogP contribution in [0.5, 0.6) is 0 Å². The van der Waals surface area contributed by atoms with Gasteiger partial charge in [0.05, 0.1) is 17.7 Å². The molecule has 0 bridgehead atoms. The number of carbonyl (C=O) groups is 2. The largest absolute Gasteiger partial charge is 0.462 e. The number of benzene rings is 4. The van der Waals surface area contributed by atoms with Gasteiger partial charge < -0.3 is 9.47 Å². The fourth-order valence-corrected chi connectivity index (χ4v) is 5.07. The molecular weight excluding hydrogens is 436 g/mol. The molecule has 0 heterocycles. The highest BCUT2D eigenvalue weighted by Crippen LogP contribution is 2.33. The van der Waals surface area contributed by atoms with Gasteiger partial charge in [0.2, 0.25) is 0 Å². The Hall–Kier alpha value is -3.66. The molecule has 0 spiro atoms. The average molecular weight is 467 g/mol. The maximum absolute atomic E-state index is 12.7. The third-order valence-corrected chi connectivity index (χ3v) is 7.27. The quantitative estimate of drug-likeness (QED) is 0.282. The minimum absolute atomic E-state index is 0.143. The summed E-state index contributed by atoms with van der Waals surface area (Å²) in [5, 5.41) is 4.29. The van der Waals surface area contributed by atoms with Gasteiger partial charge in [0, 0.05) is 0 Å². The van der Waals surface area contributed by atoms with Crippen molar-refractivity contribution in [3.63, 3.8) is 0 Å². The van der Waals surface area contributed by atoms with Crippen LogP contribution in [0.25, 0.3) is 21.5 Å². The summed E-state index contributed by atoms with van der Waals surface area (Å²) in [5.74, 6) is 0.135. The highest BCUT2D eigenvalue weighted by molar-refractivity contribution is 5.96. The molecule has 0 amide bonds. The van der Waals surface area contributed by atoms with Crippen LogP contribution in [-0.4, -0.2) is 24.6 Å². The molecule has 1 unspecified atom stereocenters. The van der Waals surface area contributed by atoms with Crippen LogP contribution in [0.3, 0.4) is 0 Å². The van der Waals surface area contributed by atoms with Crippen LogP contribution in [0.2, 0.25) is 0 Å². The lowest BCUT2D eigenvalue weighted by Crippen LogP contribution is -2.29. The first-order valence-electron chi connectivity index (χ1n) is 12.4. The fraction of sp³-hybridized carbons (Fsp3) is 0.290. The monoisotopic (exact) mass is 466 g/mol. The summed E-state index contributed by atoms with van der Waals surface area (Å²) >= 11 is 0. The molecular formula is C31H30O4. The Kier molecular flexibility index (Phi) is 6.80. The number of ether oxygens (including phenoxy) is 2. The molecule has 4 aromatic rings. The molecule has 4 aromatic carbocycles. The van der Waals surface area contributed by atoms with E-state index in [0.29, 0.717) is 29.6 Å². The van der Waals surface area contributed by atoms with Crippen molar-refractivity contribution in [2.24, 2.45) is 11.8 Å². The molecule has 1 fully saturated rings. The second kappa shape index (κ2) is 10.3. The van der Waals surface area contributed by atoms with Crippen molar-refractivity contribution in [3.8, 4) is 0 Å². The number of esters is 2. The molecule has 0 N–H and O–H groups in total. The first kappa shape index (κ1) is 23.1. The second-order valence-electron chi connectivity index (χ2n) is 9.61. The predicted octanol–water partition coefficient (Wildman–Crippen LogP) is 7.20. The summed E-state index contributed by atoms with van der Waals surface area (Å²) < 4.78 is 11.5. The lowest BCUT2D eigenvalue weighted by Gasteiger charge is -2.31. The Bertz CT molecular complexity index is 1350. The molecule has 0 radical (unpaired) electrons. The minimum atomic E-state index is -0.269. The zero-order valence-corrected chi connectivity index (χ0v) is 20.0. The Morgan fingerprint density at radius 3 is 1.80 bits per heavy atom. The van der Waals surface area contributed by atoms with E-state index in [2.05, 4.69) is 0 Å². The number of carbonyl (C=O) groups excluding carboxylic acids is 2. The molecule has 4 nitrogen and oxygen atoms in total. The van der Waals surface area contributed by atoms with Crippen LogP contribution in [0, 0.1) is 11.8 Å². The third kappa shape index (κ3) is 5.37. The number of rotatable bonds is 6. The molecule has 1 saturated carbocycles. The van der Waals surface area contributed by atoms with Crippen LogP contribution in [0.4, 0.5) is 0 Å². The van der Waals surface area contributed by atoms with Crippen molar-refractivity contribution < 1.29 is 19.1 Å². The van der Waals surface area contributed by atoms with E-state index in [9.17, 15) is 9.59 Å². The van der Waals surface area contributed by atoms with Crippen molar-refractivity contribution in [1.29, 1.82) is 0 Å². The van der Waals surface area contributed by atoms with Crippen molar-refractivity contribution in [2.75, 3.05) is 6.61 Å². The Balaban J connectivity index is 1.09. The molecule has 178 valence electrons. The van der Waals surface area contributed by atoms with Gasteiger partial charge in [-0.25, -0.2) is 9.59 Å². The molecule has 1 aliphatic carbocycles. The second-order valence-corrected chi connectivity index (χ2v) is 9.61. The SMILES string of the molecule is CC(OC(=O)c1ccc2ccccc2c1)C1CCC(COC(=O)c2ccc3ccccc3c2)CC1. The highest BCUT2D eigenvalue weighted by atomic mass is 16.5. The maximum Gasteiger partial charge on any atom is 0.338 e. The topological polar surface area (TPSA) is 52.6 Å². The lowest BCUT2D eigenvalue weighted by atomic mass is 9.80. The summed E-state index contributed by atoms with van der Waals surface area (Å²) in [6.07, 6.45) is 3.71. The van der Waals surface area contributed by atoms with Crippen molar-refractivity contribution in [1.82, 2.24) is 0 Å². The van der Waals surface area contributed by atoms with E-state index >= 15 is 0 Å². The summed E-state index contributed by atoms with van der Waals surface area (Å²) in [6.45, 7) is 2.42. The number of hydrogen-bond acceptors (Lipinski definition) is 4. The van der Waals surface area contributed by atoms with E-state index < -0.39 is 0 Å². The molecule has 0 saturated heterocycles. The van der Waals surface area contributed by atoms with Crippen molar-refractivity contribution in [3.05, 3.63) is 96.1 Å². The Labute approximate surface area is 205 Å². The fourth-order valence-electron chi connectivity index (χ4n) is 5.07. The van der Waals surface area contributed by atoms with E-state index in [1.165, 1.54) is 0 Å². The predicted molar refractivity (Wildman–Crippen MR) is 139 cm³/mol. The molecule has 1 aliphatic rings. The maximum atomic E-state index is 12.7. The third-order valence-electron chi connectivity index (χ3n) is 7.27. The van der Waals surface area contributed by atoms with Crippen LogP contribution >= 0.6 is 0 Å². The smallest absolute Gasteiger partial charge is 0.338 e. The van der Waals surface area contributed by atoms with Gasteiger partial charge in [-0.3, -0.25) is 0 Å². The van der Waals surface area contributed by atoms with Crippen molar-refractivity contribution in [2.45, 2.75) is 38.7 Å². The summed E-state index contributed by atoms with van der Waals surface area (Å²) in [5.41, 5.74) is 1.18. The molecule has 5 rings (SSSR count). The Morgan fingerprint density at radius 1 is 0.714 bits per heavy atom. The van der Waals surface area contributed by atoms with Gasteiger partial charge in [0.1, 0.15) is 6.10 Å². The zero-order chi connectivity index (χ0) is 24.2. The molecule has 0 aliphatic heterocycles. The normalized spacial score (nSPS) is 18.8. The highest BCUT2D eigenvalue weighted by Gasteiger charge is 2.28. The molecule has 4 heteroatoms. The molecule has 1 atom stereocenters. The van der Waals surface area contributed by atoms with Crippen LogP contribution in [-0.2, 0) is 9.47 Å². The van der Waals surface area contributed by atoms with E-state index in [-0.39, 0.29) is 18.0 Å². The van der Waals surface area contributed by atoms with Gasteiger partial charge >= 0.3 is 11.9 Å². The van der Waals surface area contributed by atoms with Gasteiger partial charge in [0.15, 0.2) is 0 Å². The van der Waals surface area contributed by atoms with Crippen LogP contribution in [0.15, 0.2) is 84.9 Å². The minimum Gasteiger partial charge on any atom is -0.462 e.